The normalized spacial score (nSPS) is 10.8. The van der Waals surface area contributed by atoms with Gasteiger partial charge in [-0.05, 0) is 49.2 Å². The smallest absolute Gasteiger partial charge is 0.231 e. The largest absolute Gasteiger partial charge is 0.399 e. The molecule has 4 nitrogen and oxygen atoms in total. The fourth-order valence-electron chi connectivity index (χ4n) is 2.23. The van der Waals surface area contributed by atoms with Gasteiger partial charge in [0.2, 0.25) is 11.7 Å². The van der Waals surface area contributed by atoms with E-state index in [4.69, 9.17) is 10.3 Å². The van der Waals surface area contributed by atoms with Crippen LogP contribution in [0.3, 0.4) is 0 Å². The molecule has 0 unspecified atom stereocenters. The molecular formula is C17H17N3O. The lowest BCUT2D eigenvalue weighted by molar-refractivity contribution is 0.385. The van der Waals surface area contributed by atoms with Crippen LogP contribution in [0, 0.1) is 13.8 Å². The molecule has 2 N–H and O–H groups in total. The van der Waals surface area contributed by atoms with Crippen LogP contribution in [0.1, 0.15) is 22.6 Å². The van der Waals surface area contributed by atoms with Gasteiger partial charge in [-0.15, -0.1) is 0 Å². The van der Waals surface area contributed by atoms with Crippen LogP contribution in [0.2, 0.25) is 0 Å². The molecule has 1 aromatic heterocycles. The van der Waals surface area contributed by atoms with Crippen molar-refractivity contribution in [3.63, 3.8) is 0 Å². The maximum absolute atomic E-state index is 5.68. The Morgan fingerprint density at radius 1 is 1.05 bits per heavy atom. The summed E-state index contributed by atoms with van der Waals surface area (Å²) in [5.74, 6) is 1.21. The van der Waals surface area contributed by atoms with Crippen molar-refractivity contribution >= 4 is 5.69 Å². The van der Waals surface area contributed by atoms with Gasteiger partial charge < -0.3 is 10.3 Å². The second kappa shape index (κ2) is 5.40. The monoisotopic (exact) mass is 279 g/mol. The van der Waals surface area contributed by atoms with Gasteiger partial charge in [-0.25, -0.2) is 0 Å². The van der Waals surface area contributed by atoms with Crippen LogP contribution in [0.15, 0.2) is 47.0 Å². The molecular weight excluding hydrogens is 262 g/mol. The first-order chi connectivity index (χ1) is 10.1. The molecule has 0 saturated carbocycles. The van der Waals surface area contributed by atoms with E-state index in [1.165, 1.54) is 16.7 Å². The van der Waals surface area contributed by atoms with Crippen molar-refractivity contribution in [2.45, 2.75) is 20.3 Å². The van der Waals surface area contributed by atoms with Crippen LogP contribution in [0.4, 0.5) is 5.69 Å². The standard InChI is InChI=1S/C17H17N3O/c1-11-3-4-12(2)14(9-11)10-16-19-17(20-21-16)13-5-7-15(18)8-6-13/h3-9H,10,18H2,1-2H3. The van der Waals surface area contributed by atoms with E-state index >= 15 is 0 Å². The molecule has 21 heavy (non-hydrogen) atoms. The van der Waals surface area contributed by atoms with Crippen molar-refractivity contribution in [2.24, 2.45) is 0 Å². The minimum atomic E-state index is 0.593. The van der Waals surface area contributed by atoms with E-state index in [9.17, 15) is 0 Å². The third-order valence-electron chi connectivity index (χ3n) is 3.48. The van der Waals surface area contributed by atoms with Gasteiger partial charge in [-0.2, -0.15) is 4.98 Å². The van der Waals surface area contributed by atoms with E-state index in [0.29, 0.717) is 18.1 Å². The summed E-state index contributed by atoms with van der Waals surface area (Å²) in [7, 11) is 0. The summed E-state index contributed by atoms with van der Waals surface area (Å²) in [6.07, 6.45) is 0.648. The van der Waals surface area contributed by atoms with Crippen LogP contribution < -0.4 is 5.73 Å². The fraction of sp³-hybridized carbons (Fsp3) is 0.176. The fourth-order valence-corrected chi connectivity index (χ4v) is 2.23. The van der Waals surface area contributed by atoms with Gasteiger partial charge in [0.25, 0.3) is 0 Å². The molecule has 2 aromatic carbocycles. The van der Waals surface area contributed by atoms with Crippen molar-refractivity contribution in [3.8, 4) is 11.4 Å². The molecule has 0 aliphatic heterocycles. The number of aromatic nitrogens is 2. The number of aryl methyl sites for hydroxylation is 2. The van der Waals surface area contributed by atoms with Crippen LogP contribution in [-0.4, -0.2) is 10.1 Å². The summed E-state index contributed by atoms with van der Waals surface area (Å²) in [4.78, 5) is 4.46. The molecule has 0 atom stereocenters. The lowest BCUT2D eigenvalue weighted by Gasteiger charge is -2.03. The van der Waals surface area contributed by atoms with Gasteiger partial charge in [-0.3, -0.25) is 0 Å². The first-order valence-electron chi connectivity index (χ1n) is 6.86. The van der Waals surface area contributed by atoms with Crippen molar-refractivity contribution < 1.29 is 4.52 Å². The van der Waals surface area contributed by atoms with Crippen LogP contribution >= 0.6 is 0 Å². The molecule has 106 valence electrons. The Morgan fingerprint density at radius 2 is 1.81 bits per heavy atom. The van der Waals surface area contributed by atoms with Gasteiger partial charge in [-0.1, -0.05) is 28.9 Å². The van der Waals surface area contributed by atoms with Gasteiger partial charge in [0.1, 0.15) is 0 Å². The Balaban J connectivity index is 1.85. The number of nitrogen functional groups attached to an aromatic ring is 1. The highest BCUT2D eigenvalue weighted by Crippen LogP contribution is 2.20. The van der Waals surface area contributed by atoms with E-state index < -0.39 is 0 Å². The average molecular weight is 279 g/mol. The zero-order chi connectivity index (χ0) is 14.8. The first kappa shape index (κ1) is 13.4. The molecule has 0 amide bonds. The summed E-state index contributed by atoms with van der Waals surface area (Å²) in [6, 6.07) is 13.8. The lowest BCUT2D eigenvalue weighted by Crippen LogP contribution is -1.93. The van der Waals surface area contributed by atoms with Crippen LogP contribution in [0.25, 0.3) is 11.4 Å². The Bertz CT molecular complexity index is 760. The highest BCUT2D eigenvalue weighted by atomic mass is 16.5. The molecule has 0 saturated heterocycles. The number of hydrogen-bond donors (Lipinski definition) is 1. The number of anilines is 1. The predicted molar refractivity (Wildman–Crippen MR) is 82.9 cm³/mol. The Kier molecular flexibility index (Phi) is 3.44. The molecule has 4 heteroatoms. The van der Waals surface area contributed by atoms with Gasteiger partial charge >= 0.3 is 0 Å². The zero-order valence-corrected chi connectivity index (χ0v) is 12.1. The van der Waals surface area contributed by atoms with Crippen molar-refractivity contribution in [1.82, 2.24) is 10.1 Å². The number of nitrogens with zero attached hydrogens (tertiary/aromatic N) is 2. The molecule has 0 radical (unpaired) electrons. The number of hydrogen-bond acceptors (Lipinski definition) is 4. The highest BCUT2D eigenvalue weighted by molar-refractivity contribution is 5.58. The Labute approximate surface area is 123 Å². The summed E-state index contributed by atoms with van der Waals surface area (Å²) >= 11 is 0. The molecule has 0 bridgehead atoms. The highest BCUT2D eigenvalue weighted by Gasteiger charge is 2.10. The second-order valence-corrected chi connectivity index (χ2v) is 5.24. The molecule has 0 aliphatic carbocycles. The third-order valence-corrected chi connectivity index (χ3v) is 3.48. The minimum absolute atomic E-state index is 0.593. The summed E-state index contributed by atoms with van der Waals surface area (Å²) in [6.45, 7) is 4.17. The average Bonchev–Trinajstić information content (AvgIpc) is 2.92. The lowest BCUT2D eigenvalue weighted by atomic mass is 10.0. The molecule has 3 aromatic rings. The SMILES string of the molecule is Cc1ccc(C)c(Cc2nc(-c3ccc(N)cc3)no2)c1. The van der Waals surface area contributed by atoms with Crippen molar-refractivity contribution in [2.75, 3.05) is 5.73 Å². The Morgan fingerprint density at radius 3 is 2.57 bits per heavy atom. The molecule has 0 spiro atoms. The van der Waals surface area contributed by atoms with E-state index in [0.717, 1.165) is 11.3 Å². The summed E-state index contributed by atoms with van der Waals surface area (Å²) < 4.78 is 5.36. The first-order valence-corrected chi connectivity index (χ1v) is 6.86. The van der Waals surface area contributed by atoms with E-state index in [-0.39, 0.29) is 0 Å². The summed E-state index contributed by atoms with van der Waals surface area (Å²) in [5.41, 5.74) is 11.0. The zero-order valence-electron chi connectivity index (χ0n) is 12.1. The van der Waals surface area contributed by atoms with Gasteiger partial charge in [0.05, 0.1) is 6.42 Å². The minimum Gasteiger partial charge on any atom is -0.399 e. The van der Waals surface area contributed by atoms with Crippen LogP contribution in [0.5, 0.6) is 0 Å². The molecule has 0 fully saturated rings. The van der Waals surface area contributed by atoms with E-state index in [2.05, 4.69) is 42.2 Å². The van der Waals surface area contributed by atoms with E-state index in [1.54, 1.807) is 0 Å². The van der Waals surface area contributed by atoms with Crippen molar-refractivity contribution in [3.05, 3.63) is 65.0 Å². The molecule has 1 heterocycles. The van der Waals surface area contributed by atoms with Crippen molar-refractivity contribution in [1.29, 1.82) is 0 Å². The predicted octanol–water partition coefficient (Wildman–Crippen LogP) is 3.53. The van der Waals surface area contributed by atoms with E-state index in [1.807, 2.05) is 24.3 Å². The molecule has 0 aliphatic rings. The Hall–Kier alpha value is -2.62. The summed E-state index contributed by atoms with van der Waals surface area (Å²) in [5, 5.41) is 4.04. The maximum atomic E-state index is 5.68. The quantitative estimate of drug-likeness (QED) is 0.745. The number of benzene rings is 2. The van der Waals surface area contributed by atoms with Gasteiger partial charge in [0.15, 0.2) is 0 Å². The van der Waals surface area contributed by atoms with Crippen LogP contribution in [-0.2, 0) is 6.42 Å². The molecule has 3 rings (SSSR count). The number of rotatable bonds is 3. The third kappa shape index (κ3) is 2.94. The second-order valence-electron chi connectivity index (χ2n) is 5.24. The maximum Gasteiger partial charge on any atom is 0.231 e. The van der Waals surface area contributed by atoms with Gasteiger partial charge in [0, 0.05) is 11.3 Å². The topological polar surface area (TPSA) is 64.9 Å². The number of nitrogens with two attached hydrogens (primary N) is 1.